The van der Waals surface area contributed by atoms with Crippen LogP contribution in [0.3, 0.4) is 0 Å². The molecule has 0 unspecified atom stereocenters. The molecule has 2 rings (SSSR count). The molecule has 5 heteroatoms. The van der Waals surface area contributed by atoms with Crippen molar-refractivity contribution in [2.75, 3.05) is 6.61 Å². The Morgan fingerprint density at radius 2 is 1.76 bits per heavy atom. The van der Waals surface area contributed by atoms with E-state index in [2.05, 4.69) is 6.92 Å². The van der Waals surface area contributed by atoms with E-state index < -0.39 is 11.9 Å². The molecule has 2 aromatic rings. The van der Waals surface area contributed by atoms with Crippen LogP contribution in [0.1, 0.15) is 66.2 Å². The topological polar surface area (TPSA) is 63.6 Å². The van der Waals surface area contributed by atoms with E-state index >= 15 is 0 Å². The zero-order valence-corrected chi connectivity index (χ0v) is 15.1. The normalized spacial score (nSPS) is 10.8. The molecule has 0 spiro atoms. The van der Waals surface area contributed by atoms with Gasteiger partial charge in [0.15, 0.2) is 0 Å². The van der Waals surface area contributed by atoms with Crippen LogP contribution in [0.4, 0.5) is 0 Å². The quantitative estimate of drug-likeness (QED) is 0.458. The van der Waals surface area contributed by atoms with Gasteiger partial charge < -0.3 is 9.84 Å². The summed E-state index contributed by atoms with van der Waals surface area (Å²) in [6.45, 7) is 2.56. The van der Waals surface area contributed by atoms with Gasteiger partial charge in [-0.15, -0.1) is 0 Å². The van der Waals surface area contributed by atoms with Crippen LogP contribution < -0.4 is 0 Å². The van der Waals surface area contributed by atoms with E-state index in [1.807, 2.05) is 0 Å². The van der Waals surface area contributed by atoms with E-state index in [1.165, 1.54) is 31.4 Å². The van der Waals surface area contributed by atoms with Gasteiger partial charge in [0.25, 0.3) is 0 Å². The number of carboxylic acid groups (broad SMARTS) is 1. The molecular formula is C20H23ClO4. The van der Waals surface area contributed by atoms with Crippen molar-refractivity contribution in [2.24, 2.45) is 0 Å². The summed E-state index contributed by atoms with van der Waals surface area (Å²) in [5.41, 5.74) is 0.491. The van der Waals surface area contributed by atoms with E-state index in [1.54, 1.807) is 18.2 Å². The number of hydrogen-bond acceptors (Lipinski definition) is 3. The summed E-state index contributed by atoms with van der Waals surface area (Å²) in [4.78, 5) is 23.2. The van der Waals surface area contributed by atoms with E-state index in [4.69, 9.17) is 21.4 Å². The Kier molecular flexibility index (Phi) is 7.26. The molecule has 0 heterocycles. The Bertz CT molecular complexity index is 755. The van der Waals surface area contributed by atoms with Crippen LogP contribution in [0.2, 0.25) is 5.02 Å². The van der Waals surface area contributed by atoms with Crippen molar-refractivity contribution in [1.29, 1.82) is 0 Å². The molecule has 0 bridgehead atoms. The van der Waals surface area contributed by atoms with Crippen LogP contribution >= 0.6 is 11.6 Å². The zero-order chi connectivity index (χ0) is 18.2. The summed E-state index contributed by atoms with van der Waals surface area (Å²) in [6.07, 6.45) is 6.74. The fourth-order valence-electron chi connectivity index (χ4n) is 2.71. The minimum atomic E-state index is -1.000. The third-order valence-electron chi connectivity index (χ3n) is 4.15. The molecule has 1 N–H and O–H groups in total. The highest BCUT2D eigenvalue weighted by molar-refractivity contribution is 6.38. The van der Waals surface area contributed by atoms with Crippen LogP contribution in [0.5, 0.6) is 0 Å². The fraction of sp³-hybridized carbons (Fsp3) is 0.400. The highest BCUT2D eigenvalue weighted by Gasteiger charge is 2.15. The van der Waals surface area contributed by atoms with Crippen molar-refractivity contribution >= 4 is 34.3 Å². The third-order valence-corrected chi connectivity index (χ3v) is 4.56. The van der Waals surface area contributed by atoms with Gasteiger partial charge in [-0.05, 0) is 30.0 Å². The predicted octanol–water partition coefficient (Wildman–Crippen LogP) is 5.71. The van der Waals surface area contributed by atoms with Gasteiger partial charge >= 0.3 is 11.9 Å². The summed E-state index contributed by atoms with van der Waals surface area (Å²) >= 11 is 6.32. The van der Waals surface area contributed by atoms with Gasteiger partial charge in [0, 0.05) is 5.39 Å². The first kappa shape index (κ1) is 19.3. The number of aromatic carboxylic acids is 1. The number of benzene rings is 2. The highest BCUT2D eigenvalue weighted by Crippen LogP contribution is 2.28. The molecule has 134 valence electrons. The van der Waals surface area contributed by atoms with Crippen molar-refractivity contribution in [1.82, 2.24) is 0 Å². The number of unbranched alkanes of at least 4 members (excludes halogenated alkanes) is 5. The lowest BCUT2D eigenvalue weighted by Crippen LogP contribution is -2.07. The molecule has 0 atom stereocenters. The number of carboxylic acids is 1. The molecule has 25 heavy (non-hydrogen) atoms. The number of carbonyl (C=O) groups excluding carboxylic acids is 1. The number of halogens is 1. The Hall–Kier alpha value is -2.07. The van der Waals surface area contributed by atoms with Crippen LogP contribution in [0, 0.1) is 0 Å². The molecule has 0 aliphatic heterocycles. The van der Waals surface area contributed by atoms with Gasteiger partial charge in [-0.3, -0.25) is 0 Å². The molecular weight excluding hydrogens is 340 g/mol. The molecule has 0 fully saturated rings. The summed E-state index contributed by atoms with van der Waals surface area (Å²) in [6, 6.07) is 7.90. The first-order chi connectivity index (χ1) is 12.0. The zero-order valence-electron chi connectivity index (χ0n) is 14.4. The van der Waals surface area contributed by atoms with Gasteiger partial charge in [-0.2, -0.15) is 0 Å². The fourth-order valence-corrected chi connectivity index (χ4v) is 3.02. The average Bonchev–Trinajstić information content (AvgIpc) is 2.60. The Morgan fingerprint density at radius 3 is 2.48 bits per heavy atom. The lowest BCUT2D eigenvalue weighted by molar-refractivity contribution is 0.0497. The minimum absolute atomic E-state index is 0.182. The molecule has 0 amide bonds. The maximum absolute atomic E-state index is 12.2. The largest absolute Gasteiger partial charge is 0.478 e. The van der Waals surface area contributed by atoms with E-state index in [9.17, 15) is 9.59 Å². The van der Waals surface area contributed by atoms with Crippen LogP contribution in [0.15, 0.2) is 30.3 Å². The third kappa shape index (κ3) is 5.20. The van der Waals surface area contributed by atoms with Crippen molar-refractivity contribution < 1.29 is 19.4 Å². The molecule has 0 aromatic heterocycles. The van der Waals surface area contributed by atoms with E-state index in [-0.39, 0.29) is 5.56 Å². The Labute approximate surface area is 152 Å². The molecule has 0 saturated carbocycles. The predicted molar refractivity (Wildman–Crippen MR) is 99.6 cm³/mol. The molecule has 0 aliphatic rings. The molecule has 0 aliphatic carbocycles. The lowest BCUT2D eigenvalue weighted by atomic mass is 10.0. The smallest absolute Gasteiger partial charge is 0.339 e. The second kappa shape index (κ2) is 9.42. The molecule has 0 radical (unpaired) electrons. The molecule has 4 nitrogen and oxygen atoms in total. The van der Waals surface area contributed by atoms with Crippen LogP contribution in [0.25, 0.3) is 10.8 Å². The van der Waals surface area contributed by atoms with Crippen molar-refractivity contribution in [3.8, 4) is 0 Å². The maximum atomic E-state index is 12.2. The van der Waals surface area contributed by atoms with Gasteiger partial charge in [0.2, 0.25) is 0 Å². The van der Waals surface area contributed by atoms with Crippen molar-refractivity contribution in [3.63, 3.8) is 0 Å². The van der Waals surface area contributed by atoms with E-state index in [0.29, 0.717) is 28.0 Å². The highest BCUT2D eigenvalue weighted by atomic mass is 35.5. The average molecular weight is 363 g/mol. The maximum Gasteiger partial charge on any atom is 0.339 e. The summed E-state index contributed by atoms with van der Waals surface area (Å²) in [5.74, 6) is -1.44. The minimum Gasteiger partial charge on any atom is -0.478 e. The monoisotopic (exact) mass is 362 g/mol. The van der Waals surface area contributed by atoms with Crippen molar-refractivity contribution in [3.05, 3.63) is 46.5 Å². The Morgan fingerprint density at radius 1 is 1.04 bits per heavy atom. The number of esters is 1. The lowest BCUT2D eigenvalue weighted by Gasteiger charge is -2.09. The Balaban J connectivity index is 1.98. The summed E-state index contributed by atoms with van der Waals surface area (Å²) < 4.78 is 5.31. The van der Waals surface area contributed by atoms with Gasteiger partial charge in [0.05, 0.1) is 22.8 Å². The second-order valence-electron chi connectivity index (χ2n) is 6.07. The second-order valence-corrected chi connectivity index (χ2v) is 6.45. The number of ether oxygens (including phenoxy) is 1. The van der Waals surface area contributed by atoms with Gasteiger partial charge in [0.1, 0.15) is 0 Å². The number of fused-ring (bicyclic) bond motifs is 1. The first-order valence-corrected chi connectivity index (χ1v) is 9.05. The van der Waals surface area contributed by atoms with Gasteiger partial charge in [-0.1, -0.05) is 62.8 Å². The molecule has 2 aromatic carbocycles. The number of hydrogen-bond donors (Lipinski definition) is 1. The number of carbonyl (C=O) groups is 2. The SMILES string of the molecule is CCCCCCCCOC(=O)c1ccc2cc(C(=O)O)ccc2c1Cl. The van der Waals surface area contributed by atoms with E-state index in [0.717, 1.165) is 19.3 Å². The molecule has 0 saturated heterocycles. The van der Waals surface area contributed by atoms with Crippen molar-refractivity contribution in [2.45, 2.75) is 45.4 Å². The summed E-state index contributed by atoms with van der Waals surface area (Å²) in [5, 5.41) is 10.6. The number of rotatable bonds is 9. The van der Waals surface area contributed by atoms with Crippen LogP contribution in [-0.2, 0) is 4.74 Å². The van der Waals surface area contributed by atoms with Crippen LogP contribution in [-0.4, -0.2) is 23.7 Å². The standard InChI is InChI=1S/C20H23ClO4/c1-2-3-4-5-6-7-12-25-20(24)17-11-8-14-13-15(19(22)23)9-10-16(14)18(17)21/h8-11,13H,2-7,12H2,1H3,(H,22,23). The van der Waals surface area contributed by atoms with Gasteiger partial charge in [-0.25, -0.2) is 9.59 Å². The summed E-state index contributed by atoms with van der Waals surface area (Å²) in [7, 11) is 0. The first-order valence-electron chi connectivity index (χ1n) is 8.67.